The van der Waals surface area contributed by atoms with E-state index in [2.05, 4.69) is 31.2 Å². The molecule has 0 aliphatic heterocycles. The number of allylic oxidation sites excluding steroid dienone is 4. The maximum atomic E-state index is 8.57. The first-order valence-electron chi connectivity index (χ1n) is 6.32. The predicted octanol–water partition coefficient (Wildman–Crippen LogP) is 4.23. The van der Waals surface area contributed by atoms with Crippen LogP contribution in [0.15, 0.2) is 24.3 Å². The van der Waals surface area contributed by atoms with Crippen molar-refractivity contribution in [3.63, 3.8) is 0 Å². The van der Waals surface area contributed by atoms with Crippen LogP contribution in [-0.4, -0.2) is 11.7 Å². The lowest BCUT2D eigenvalue weighted by molar-refractivity contribution is 0.289. The lowest BCUT2D eigenvalue weighted by atomic mass is 10.1. The van der Waals surface area contributed by atoms with E-state index >= 15 is 0 Å². The molecule has 0 amide bonds. The van der Waals surface area contributed by atoms with E-state index in [1.165, 1.54) is 38.5 Å². The minimum Gasteiger partial charge on any atom is -0.396 e. The van der Waals surface area contributed by atoms with Crippen molar-refractivity contribution in [3.8, 4) is 0 Å². The van der Waals surface area contributed by atoms with Crippen molar-refractivity contribution in [2.75, 3.05) is 6.61 Å². The van der Waals surface area contributed by atoms with Crippen LogP contribution in [0.2, 0.25) is 0 Å². The second-order valence-corrected chi connectivity index (χ2v) is 3.88. The van der Waals surface area contributed by atoms with Gasteiger partial charge in [0, 0.05) is 6.61 Å². The molecule has 1 heteroatoms. The lowest BCUT2D eigenvalue weighted by Gasteiger charge is -1.93. The Balaban J connectivity index is 3.07. The molecule has 15 heavy (non-hydrogen) atoms. The topological polar surface area (TPSA) is 20.2 Å². The van der Waals surface area contributed by atoms with E-state index < -0.39 is 0 Å². The van der Waals surface area contributed by atoms with Crippen LogP contribution in [0.4, 0.5) is 0 Å². The van der Waals surface area contributed by atoms with Gasteiger partial charge in [-0.25, -0.2) is 0 Å². The molecule has 0 fully saturated rings. The number of aliphatic hydroxyl groups excluding tert-OH is 1. The Bertz CT molecular complexity index is 159. The summed E-state index contributed by atoms with van der Waals surface area (Å²) >= 11 is 0. The zero-order chi connectivity index (χ0) is 11.2. The highest BCUT2D eigenvalue weighted by Gasteiger charge is 1.84. The standard InChI is InChI=1S/C14H26O/c1-2-3-4-5-6-7-8-9-10-11-12-13-14-15/h4-5,10-11,15H,2-3,6-9,12-14H2,1H3/b5-4-,11-10-. The van der Waals surface area contributed by atoms with Crippen LogP contribution in [0.5, 0.6) is 0 Å². The van der Waals surface area contributed by atoms with Crippen molar-refractivity contribution in [1.82, 2.24) is 0 Å². The molecule has 88 valence electrons. The summed E-state index contributed by atoms with van der Waals surface area (Å²) in [6.07, 6.45) is 18.4. The van der Waals surface area contributed by atoms with Crippen molar-refractivity contribution in [1.29, 1.82) is 0 Å². The minimum absolute atomic E-state index is 0.312. The molecule has 0 aromatic rings. The van der Waals surface area contributed by atoms with Crippen LogP contribution >= 0.6 is 0 Å². The van der Waals surface area contributed by atoms with Crippen LogP contribution in [0, 0.1) is 0 Å². The highest BCUT2D eigenvalue weighted by atomic mass is 16.2. The van der Waals surface area contributed by atoms with Gasteiger partial charge >= 0.3 is 0 Å². The number of unbranched alkanes of at least 4 members (excludes halogenated alkanes) is 5. The van der Waals surface area contributed by atoms with E-state index in [-0.39, 0.29) is 0 Å². The van der Waals surface area contributed by atoms with Gasteiger partial charge in [-0.2, -0.15) is 0 Å². The Morgan fingerprint density at radius 3 is 1.67 bits per heavy atom. The summed E-state index contributed by atoms with van der Waals surface area (Å²) in [6, 6.07) is 0. The van der Waals surface area contributed by atoms with E-state index in [0.717, 1.165) is 12.8 Å². The van der Waals surface area contributed by atoms with Crippen LogP contribution in [0.1, 0.15) is 58.3 Å². The zero-order valence-corrected chi connectivity index (χ0v) is 10.1. The third-order valence-corrected chi connectivity index (χ3v) is 2.31. The van der Waals surface area contributed by atoms with Crippen LogP contribution in [-0.2, 0) is 0 Å². The summed E-state index contributed by atoms with van der Waals surface area (Å²) in [7, 11) is 0. The van der Waals surface area contributed by atoms with Gasteiger partial charge in [-0.3, -0.25) is 0 Å². The number of aliphatic hydroxyl groups is 1. The van der Waals surface area contributed by atoms with Gasteiger partial charge in [0.25, 0.3) is 0 Å². The molecule has 0 aromatic heterocycles. The first-order chi connectivity index (χ1) is 7.41. The normalized spacial score (nSPS) is 11.9. The molecule has 0 radical (unpaired) electrons. The average Bonchev–Trinajstić information content (AvgIpc) is 2.26. The summed E-state index contributed by atoms with van der Waals surface area (Å²) in [5, 5.41) is 8.57. The molecule has 0 saturated heterocycles. The summed E-state index contributed by atoms with van der Waals surface area (Å²) in [5.74, 6) is 0. The van der Waals surface area contributed by atoms with Crippen molar-refractivity contribution < 1.29 is 5.11 Å². The maximum absolute atomic E-state index is 8.57. The first-order valence-corrected chi connectivity index (χ1v) is 6.32. The van der Waals surface area contributed by atoms with Crippen molar-refractivity contribution in [2.24, 2.45) is 0 Å². The van der Waals surface area contributed by atoms with Gasteiger partial charge < -0.3 is 5.11 Å². The zero-order valence-electron chi connectivity index (χ0n) is 10.1. The lowest BCUT2D eigenvalue weighted by Crippen LogP contribution is -1.78. The maximum Gasteiger partial charge on any atom is 0.0433 e. The Morgan fingerprint density at radius 2 is 1.20 bits per heavy atom. The highest BCUT2D eigenvalue weighted by Crippen LogP contribution is 2.03. The van der Waals surface area contributed by atoms with E-state index in [4.69, 9.17) is 5.11 Å². The fraction of sp³-hybridized carbons (Fsp3) is 0.714. The first kappa shape index (κ1) is 14.4. The number of rotatable bonds is 10. The summed E-state index contributed by atoms with van der Waals surface area (Å²) in [6.45, 7) is 2.52. The third kappa shape index (κ3) is 13.4. The molecular weight excluding hydrogens is 184 g/mol. The fourth-order valence-corrected chi connectivity index (χ4v) is 1.37. The molecule has 0 saturated carbocycles. The summed E-state index contributed by atoms with van der Waals surface area (Å²) in [4.78, 5) is 0. The largest absolute Gasteiger partial charge is 0.396 e. The predicted molar refractivity (Wildman–Crippen MR) is 68.0 cm³/mol. The van der Waals surface area contributed by atoms with Crippen LogP contribution in [0.25, 0.3) is 0 Å². The molecule has 0 spiro atoms. The Hall–Kier alpha value is -0.560. The minimum atomic E-state index is 0.312. The van der Waals surface area contributed by atoms with Gasteiger partial charge in [-0.1, -0.05) is 37.6 Å². The molecule has 0 unspecified atom stereocenters. The van der Waals surface area contributed by atoms with E-state index in [1.54, 1.807) is 0 Å². The molecular formula is C14H26O. The van der Waals surface area contributed by atoms with Gasteiger partial charge in [0.15, 0.2) is 0 Å². The molecule has 0 rings (SSSR count). The average molecular weight is 210 g/mol. The van der Waals surface area contributed by atoms with Crippen molar-refractivity contribution in [3.05, 3.63) is 24.3 Å². The monoisotopic (exact) mass is 210 g/mol. The van der Waals surface area contributed by atoms with Crippen LogP contribution < -0.4 is 0 Å². The molecule has 0 aliphatic rings. The second-order valence-electron chi connectivity index (χ2n) is 3.88. The van der Waals surface area contributed by atoms with Gasteiger partial charge in [-0.15, -0.1) is 0 Å². The van der Waals surface area contributed by atoms with E-state index in [0.29, 0.717) is 6.61 Å². The van der Waals surface area contributed by atoms with Gasteiger partial charge in [0.1, 0.15) is 0 Å². The van der Waals surface area contributed by atoms with Crippen molar-refractivity contribution in [2.45, 2.75) is 58.3 Å². The van der Waals surface area contributed by atoms with E-state index in [9.17, 15) is 0 Å². The molecule has 0 aromatic carbocycles. The van der Waals surface area contributed by atoms with Gasteiger partial charge in [0.05, 0.1) is 0 Å². The third-order valence-electron chi connectivity index (χ3n) is 2.31. The molecule has 1 nitrogen and oxygen atoms in total. The van der Waals surface area contributed by atoms with E-state index in [1.807, 2.05) is 0 Å². The van der Waals surface area contributed by atoms with Gasteiger partial charge in [-0.05, 0) is 44.9 Å². The Kier molecular flexibility index (Phi) is 12.9. The Labute approximate surface area is 94.9 Å². The molecule has 0 bridgehead atoms. The number of hydrogen-bond donors (Lipinski definition) is 1. The van der Waals surface area contributed by atoms with Crippen molar-refractivity contribution >= 4 is 0 Å². The summed E-state index contributed by atoms with van der Waals surface area (Å²) < 4.78 is 0. The fourth-order valence-electron chi connectivity index (χ4n) is 1.37. The second kappa shape index (κ2) is 13.4. The molecule has 1 N–H and O–H groups in total. The Morgan fingerprint density at radius 1 is 0.733 bits per heavy atom. The quantitative estimate of drug-likeness (QED) is 0.422. The van der Waals surface area contributed by atoms with Crippen LogP contribution in [0.3, 0.4) is 0 Å². The van der Waals surface area contributed by atoms with Gasteiger partial charge in [0.2, 0.25) is 0 Å². The summed E-state index contributed by atoms with van der Waals surface area (Å²) in [5.41, 5.74) is 0. The highest BCUT2D eigenvalue weighted by molar-refractivity contribution is 4.83. The molecule has 0 heterocycles. The smallest absolute Gasteiger partial charge is 0.0433 e. The number of hydrogen-bond acceptors (Lipinski definition) is 1. The SMILES string of the molecule is CCC/C=C\CCCC/C=C\CCCO. The molecule has 0 atom stereocenters. The molecule has 0 aliphatic carbocycles.